The number of carbonyl (C=O) groups excluding carboxylic acids is 1. The van der Waals surface area contributed by atoms with Crippen LogP contribution >= 0.6 is 0 Å². The summed E-state index contributed by atoms with van der Waals surface area (Å²) in [5.74, 6) is 0.151. The second-order valence-electron chi connectivity index (χ2n) is 3.79. The topological polar surface area (TPSA) is 66.6 Å². The molecule has 1 aromatic carbocycles. The van der Waals surface area contributed by atoms with Gasteiger partial charge >= 0.3 is 0 Å². The minimum absolute atomic E-state index is 0.00214. The van der Waals surface area contributed by atoms with Crippen LogP contribution in [0.3, 0.4) is 0 Å². The molecule has 2 rings (SSSR count). The molecule has 1 heterocycles. The zero-order valence-electron chi connectivity index (χ0n) is 8.39. The number of nitrogens with zero attached hydrogens (tertiary/aromatic N) is 1. The number of rotatable bonds is 1. The lowest BCUT2D eigenvalue weighted by Crippen LogP contribution is -2.46. The van der Waals surface area contributed by atoms with E-state index in [0.717, 1.165) is 6.42 Å². The number of hydrogen-bond donors (Lipinski definition) is 2. The Morgan fingerprint density at radius 1 is 1.40 bits per heavy atom. The van der Waals surface area contributed by atoms with E-state index in [2.05, 4.69) is 0 Å². The Bertz CT molecular complexity index is 379. The third-order valence-electron chi connectivity index (χ3n) is 2.62. The van der Waals surface area contributed by atoms with Crippen molar-refractivity contribution in [2.45, 2.75) is 18.9 Å². The first-order chi connectivity index (χ1) is 7.18. The summed E-state index contributed by atoms with van der Waals surface area (Å²) in [6, 6.07) is 6.83. The third kappa shape index (κ3) is 1.94. The van der Waals surface area contributed by atoms with Crippen LogP contribution in [0.4, 0.5) is 5.69 Å². The Morgan fingerprint density at radius 3 is 2.87 bits per heavy atom. The largest absolute Gasteiger partial charge is 0.506 e. The Balaban J connectivity index is 2.29. The second kappa shape index (κ2) is 3.90. The lowest BCUT2D eigenvalue weighted by molar-refractivity contribution is -0.119. The maximum atomic E-state index is 11.7. The molecule has 3 N–H and O–H groups in total. The number of phenolic OH excluding ortho intramolecular Hbond substituents is 1. The summed E-state index contributed by atoms with van der Waals surface area (Å²) in [5, 5.41) is 9.63. The average Bonchev–Trinajstić information content (AvgIpc) is 2.23. The summed E-state index contributed by atoms with van der Waals surface area (Å²) < 4.78 is 0. The van der Waals surface area contributed by atoms with Crippen LogP contribution in [-0.2, 0) is 4.79 Å². The molecule has 1 atom stereocenters. The second-order valence-corrected chi connectivity index (χ2v) is 3.79. The number of piperidine rings is 1. The fraction of sp³-hybridized carbons (Fsp3) is 0.364. The number of amides is 1. The number of para-hydroxylation sites is 2. The smallest absolute Gasteiger partial charge is 0.227 e. The molecule has 1 fully saturated rings. The summed E-state index contributed by atoms with van der Waals surface area (Å²) in [6.45, 7) is 0.483. The zero-order valence-corrected chi connectivity index (χ0v) is 8.39. The molecule has 0 aliphatic carbocycles. The van der Waals surface area contributed by atoms with Gasteiger partial charge in [0.2, 0.25) is 5.91 Å². The lowest BCUT2D eigenvalue weighted by Gasteiger charge is -2.31. The van der Waals surface area contributed by atoms with E-state index in [9.17, 15) is 9.90 Å². The normalized spacial score (nSPS) is 21.8. The van der Waals surface area contributed by atoms with Gasteiger partial charge in [0.25, 0.3) is 0 Å². The molecule has 1 aromatic rings. The number of phenols is 1. The van der Waals surface area contributed by atoms with E-state index in [4.69, 9.17) is 5.73 Å². The summed E-state index contributed by atoms with van der Waals surface area (Å²) >= 11 is 0. The van der Waals surface area contributed by atoms with Gasteiger partial charge in [-0.15, -0.1) is 0 Å². The van der Waals surface area contributed by atoms with Crippen molar-refractivity contribution in [3.8, 4) is 5.75 Å². The highest BCUT2D eigenvalue weighted by molar-refractivity contribution is 5.95. The molecule has 1 aliphatic heterocycles. The van der Waals surface area contributed by atoms with Crippen molar-refractivity contribution in [1.82, 2.24) is 0 Å². The van der Waals surface area contributed by atoms with Gasteiger partial charge in [0, 0.05) is 19.0 Å². The van der Waals surface area contributed by atoms with E-state index >= 15 is 0 Å². The van der Waals surface area contributed by atoms with Crippen molar-refractivity contribution in [1.29, 1.82) is 0 Å². The zero-order chi connectivity index (χ0) is 10.8. The van der Waals surface area contributed by atoms with Gasteiger partial charge in [-0.2, -0.15) is 0 Å². The molecule has 1 aliphatic rings. The highest BCUT2D eigenvalue weighted by Gasteiger charge is 2.25. The minimum Gasteiger partial charge on any atom is -0.506 e. The summed E-state index contributed by atoms with van der Waals surface area (Å²) in [6.07, 6.45) is 1.18. The van der Waals surface area contributed by atoms with Gasteiger partial charge in [0.15, 0.2) is 0 Å². The lowest BCUT2D eigenvalue weighted by atomic mass is 10.0. The van der Waals surface area contributed by atoms with E-state index in [1.807, 2.05) is 0 Å². The highest BCUT2D eigenvalue weighted by atomic mass is 16.3. The first-order valence-corrected chi connectivity index (χ1v) is 5.02. The molecule has 1 saturated heterocycles. The predicted molar refractivity (Wildman–Crippen MR) is 57.7 cm³/mol. The molecule has 0 aromatic heterocycles. The first-order valence-electron chi connectivity index (χ1n) is 5.02. The maximum absolute atomic E-state index is 11.7. The van der Waals surface area contributed by atoms with E-state index in [1.54, 1.807) is 29.2 Å². The molecule has 1 amide bonds. The molecule has 4 heteroatoms. The van der Waals surface area contributed by atoms with Gasteiger partial charge in [-0.05, 0) is 18.6 Å². The highest BCUT2D eigenvalue weighted by Crippen LogP contribution is 2.29. The number of aromatic hydroxyl groups is 1. The van der Waals surface area contributed by atoms with Crippen molar-refractivity contribution < 1.29 is 9.90 Å². The van der Waals surface area contributed by atoms with Crippen LogP contribution in [0.1, 0.15) is 12.8 Å². The van der Waals surface area contributed by atoms with Crippen molar-refractivity contribution in [2.24, 2.45) is 5.73 Å². The third-order valence-corrected chi connectivity index (χ3v) is 2.62. The van der Waals surface area contributed by atoms with Crippen LogP contribution in [-0.4, -0.2) is 23.6 Å². The van der Waals surface area contributed by atoms with Crippen LogP contribution < -0.4 is 10.6 Å². The van der Waals surface area contributed by atoms with E-state index in [1.165, 1.54) is 0 Å². The Labute approximate surface area is 88.3 Å². The van der Waals surface area contributed by atoms with Gasteiger partial charge in [-0.1, -0.05) is 12.1 Å². The van der Waals surface area contributed by atoms with Crippen molar-refractivity contribution in [2.75, 3.05) is 11.4 Å². The fourth-order valence-corrected chi connectivity index (χ4v) is 1.80. The van der Waals surface area contributed by atoms with Gasteiger partial charge < -0.3 is 15.7 Å². The molecule has 0 saturated carbocycles. The van der Waals surface area contributed by atoms with Gasteiger partial charge in [-0.3, -0.25) is 4.79 Å². The van der Waals surface area contributed by atoms with Crippen molar-refractivity contribution in [3.63, 3.8) is 0 Å². The molecule has 15 heavy (non-hydrogen) atoms. The number of carbonyl (C=O) groups is 1. The molecule has 80 valence electrons. The first kappa shape index (κ1) is 9.98. The molecule has 4 nitrogen and oxygen atoms in total. The summed E-state index contributed by atoms with van der Waals surface area (Å²) in [5.41, 5.74) is 6.35. The van der Waals surface area contributed by atoms with E-state index in [0.29, 0.717) is 18.7 Å². The number of benzene rings is 1. The summed E-state index contributed by atoms with van der Waals surface area (Å²) in [7, 11) is 0. The fourth-order valence-electron chi connectivity index (χ4n) is 1.80. The quantitative estimate of drug-likeness (QED) is 0.715. The Kier molecular flexibility index (Phi) is 2.60. The van der Waals surface area contributed by atoms with Crippen molar-refractivity contribution in [3.05, 3.63) is 24.3 Å². The van der Waals surface area contributed by atoms with Crippen LogP contribution in [0.5, 0.6) is 5.75 Å². The molecular formula is C11H14N2O2. The summed E-state index contributed by atoms with van der Waals surface area (Å²) in [4.78, 5) is 13.2. The van der Waals surface area contributed by atoms with Crippen LogP contribution in [0.15, 0.2) is 24.3 Å². The monoisotopic (exact) mass is 206 g/mol. The van der Waals surface area contributed by atoms with Gasteiger partial charge in [0.05, 0.1) is 5.69 Å². The van der Waals surface area contributed by atoms with E-state index < -0.39 is 0 Å². The van der Waals surface area contributed by atoms with Crippen LogP contribution in [0.2, 0.25) is 0 Å². The van der Waals surface area contributed by atoms with Crippen LogP contribution in [0.25, 0.3) is 0 Å². The van der Waals surface area contributed by atoms with Crippen molar-refractivity contribution >= 4 is 11.6 Å². The Morgan fingerprint density at radius 2 is 2.13 bits per heavy atom. The Hall–Kier alpha value is -1.55. The van der Waals surface area contributed by atoms with Crippen LogP contribution in [0, 0.1) is 0 Å². The molecule has 0 radical (unpaired) electrons. The molecular weight excluding hydrogens is 192 g/mol. The molecule has 1 unspecified atom stereocenters. The average molecular weight is 206 g/mol. The SMILES string of the molecule is NC1CCC(=O)N(c2ccccc2O)C1. The minimum atomic E-state index is 0.00214. The molecule has 0 spiro atoms. The molecule has 0 bridgehead atoms. The standard InChI is InChI=1S/C11H14N2O2/c12-8-5-6-11(15)13(7-8)9-3-1-2-4-10(9)14/h1-4,8,14H,5-7,12H2. The number of nitrogens with two attached hydrogens (primary N) is 1. The number of hydrogen-bond acceptors (Lipinski definition) is 3. The van der Waals surface area contributed by atoms with Gasteiger partial charge in [0.1, 0.15) is 5.75 Å². The van der Waals surface area contributed by atoms with E-state index in [-0.39, 0.29) is 17.7 Å². The van der Waals surface area contributed by atoms with Gasteiger partial charge in [-0.25, -0.2) is 0 Å². The predicted octanol–water partition coefficient (Wildman–Crippen LogP) is 0.846. The number of anilines is 1. The maximum Gasteiger partial charge on any atom is 0.227 e.